The Bertz CT molecular complexity index is 1620. The van der Waals surface area contributed by atoms with Crippen LogP contribution in [0.4, 0.5) is 19.9 Å². The van der Waals surface area contributed by atoms with Crippen LogP contribution in [-0.4, -0.2) is 77.0 Å². The number of ether oxygens (including phenoxy) is 2. The molecular weight excluding hydrogens is 541 g/mol. The summed E-state index contributed by atoms with van der Waals surface area (Å²) in [6, 6.07) is 17.4. The Hall–Kier alpha value is -4.64. The number of nitrogens with one attached hydrogen (secondary N) is 1. The molecule has 6 rings (SSSR count). The molecule has 0 saturated carbocycles. The number of aromatic amines is 1. The molecule has 10 nitrogen and oxygen atoms in total. The van der Waals surface area contributed by atoms with Crippen molar-refractivity contribution in [3.05, 3.63) is 77.6 Å². The maximum Gasteiger partial charge on any atom is 0.416 e. The first-order chi connectivity index (χ1) is 20.3. The molecule has 218 valence electrons. The molecule has 3 heterocycles. The largest absolute Gasteiger partial charge is 0.491 e. The number of rotatable bonds is 3. The molecule has 4 aromatic rings. The zero-order chi connectivity index (χ0) is 29.4. The number of nitrogens with zero attached hydrogens (tertiary/aromatic N) is 4. The number of urea groups is 1. The van der Waals surface area contributed by atoms with Gasteiger partial charge in [-0.05, 0) is 65.9 Å². The van der Waals surface area contributed by atoms with Crippen LogP contribution in [0, 0.1) is 5.82 Å². The van der Waals surface area contributed by atoms with Crippen molar-refractivity contribution in [1.29, 1.82) is 0 Å². The van der Waals surface area contributed by atoms with Crippen LogP contribution in [0.25, 0.3) is 22.2 Å². The van der Waals surface area contributed by atoms with Gasteiger partial charge in [0.15, 0.2) is 0 Å². The van der Waals surface area contributed by atoms with Gasteiger partial charge in [-0.1, -0.05) is 24.3 Å². The molecule has 42 heavy (non-hydrogen) atoms. The molecule has 2 N–H and O–H groups in total. The van der Waals surface area contributed by atoms with Gasteiger partial charge in [0.1, 0.15) is 18.2 Å². The minimum atomic E-state index is -0.524. The number of fused-ring (bicyclic) bond motifs is 2. The van der Waals surface area contributed by atoms with Crippen LogP contribution in [0.5, 0.6) is 5.75 Å². The van der Waals surface area contributed by atoms with Crippen molar-refractivity contribution in [2.24, 2.45) is 0 Å². The van der Waals surface area contributed by atoms with E-state index >= 15 is 0 Å². The summed E-state index contributed by atoms with van der Waals surface area (Å²) < 4.78 is 24.4. The van der Waals surface area contributed by atoms with Crippen molar-refractivity contribution in [1.82, 2.24) is 19.8 Å². The second kappa shape index (κ2) is 11.3. The molecule has 0 radical (unpaired) electrons. The fourth-order valence-electron chi connectivity index (χ4n) is 5.65. The van der Waals surface area contributed by atoms with Gasteiger partial charge in [0.05, 0.1) is 43.4 Å². The third-order valence-corrected chi connectivity index (χ3v) is 7.96. The number of methoxy groups -OCH3 is 1. The van der Waals surface area contributed by atoms with Gasteiger partial charge in [0.2, 0.25) is 5.95 Å². The van der Waals surface area contributed by atoms with Gasteiger partial charge in [-0.2, -0.15) is 0 Å². The topological polar surface area (TPSA) is 111 Å². The molecule has 2 aliphatic heterocycles. The summed E-state index contributed by atoms with van der Waals surface area (Å²) in [5, 5.41) is 10.4. The maximum absolute atomic E-state index is 13.9. The van der Waals surface area contributed by atoms with Crippen LogP contribution >= 0.6 is 0 Å². The van der Waals surface area contributed by atoms with Gasteiger partial charge < -0.3 is 29.4 Å². The summed E-state index contributed by atoms with van der Waals surface area (Å²) in [4.78, 5) is 38.3. The number of halogens is 1. The minimum Gasteiger partial charge on any atom is -0.491 e. The lowest BCUT2D eigenvalue weighted by atomic mass is 9.93. The number of likely N-dealkylation sites (tertiary alicyclic amines) is 1. The normalized spacial score (nSPS) is 18.7. The maximum atomic E-state index is 13.9. The third kappa shape index (κ3) is 5.35. The Balaban J connectivity index is 1.25. The Labute approximate surface area is 242 Å². The molecule has 3 amide bonds. The Morgan fingerprint density at radius 2 is 1.86 bits per heavy atom. The number of aliphatic hydroxyl groups is 1. The molecule has 0 spiro atoms. The van der Waals surface area contributed by atoms with Gasteiger partial charge in [-0.3, -0.25) is 4.90 Å². The monoisotopic (exact) mass is 573 g/mol. The van der Waals surface area contributed by atoms with Gasteiger partial charge in [-0.15, -0.1) is 0 Å². The zero-order valence-corrected chi connectivity index (χ0v) is 23.4. The summed E-state index contributed by atoms with van der Waals surface area (Å²) in [7, 11) is 2.90. The lowest BCUT2D eigenvalue weighted by Crippen LogP contribution is -2.49. The second-order valence-corrected chi connectivity index (χ2v) is 10.6. The minimum absolute atomic E-state index is 0.140. The molecule has 11 heteroatoms. The van der Waals surface area contributed by atoms with Crippen LogP contribution in [0.2, 0.25) is 0 Å². The summed E-state index contributed by atoms with van der Waals surface area (Å²) in [6.45, 7) is 1.53. The van der Waals surface area contributed by atoms with Crippen molar-refractivity contribution >= 4 is 29.1 Å². The molecule has 0 aliphatic carbocycles. The van der Waals surface area contributed by atoms with E-state index in [1.54, 1.807) is 29.0 Å². The Morgan fingerprint density at radius 3 is 2.64 bits per heavy atom. The van der Waals surface area contributed by atoms with Crippen LogP contribution in [-0.2, 0) is 11.3 Å². The average Bonchev–Trinajstić information content (AvgIpc) is 3.32. The van der Waals surface area contributed by atoms with E-state index in [2.05, 4.69) is 9.97 Å². The number of amides is 3. The van der Waals surface area contributed by atoms with Crippen molar-refractivity contribution < 1.29 is 28.6 Å². The van der Waals surface area contributed by atoms with Gasteiger partial charge in [-0.25, -0.2) is 19.0 Å². The number of imidazole rings is 1. The molecule has 0 bridgehead atoms. The molecule has 1 fully saturated rings. The summed E-state index contributed by atoms with van der Waals surface area (Å²) in [5.41, 5.74) is 5.03. The van der Waals surface area contributed by atoms with E-state index in [0.717, 1.165) is 33.5 Å². The average molecular weight is 574 g/mol. The van der Waals surface area contributed by atoms with Crippen molar-refractivity contribution in [3.8, 4) is 16.9 Å². The summed E-state index contributed by atoms with van der Waals surface area (Å²) >= 11 is 0. The fraction of sp³-hybridized carbons (Fsp3) is 0.323. The predicted molar refractivity (Wildman–Crippen MR) is 155 cm³/mol. The van der Waals surface area contributed by atoms with E-state index in [0.29, 0.717) is 50.5 Å². The first kappa shape index (κ1) is 27.5. The van der Waals surface area contributed by atoms with Gasteiger partial charge >= 0.3 is 12.1 Å². The van der Waals surface area contributed by atoms with Crippen LogP contribution in [0.15, 0.2) is 60.7 Å². The molecule has 3 aromatic carbocycles. The van der Waals surface area contributed by atoms with Crippen LogP contribution in [0.3, 0.4) is 0 Å². The highest BCUT2D eigenvalue weighted by atomic mass is 19.1. The molecule has 2 unspecified atom stereocenters. The summed E-state index contributed by atoms with van der Waals surface area (Å²) in [5.74, 6) is 0.760. The number of anilines is 1. The number of carbonyl (C=O) groups excluding carboxylic acids is 2. The third-order valence-electron chi connectivity index (χ3n) is 7.96. The lowest BCUT2D eigenvalue weighted by Gasteiger charge is -2.40. The number of carbonyl (C=O) groups is 2. The van der Waals surface area contributed by atoms with Gasteiger partial charge in [0.25, 0.3) is 0 Å². The molecule has 2 aliphatic rings. The van der Waals surface area contributed by atoms with Crippen LogP contribution in [0.1, 0.15) is 30.0 Å². The molecule has 1 aromatic heterocycles. The SMILES string of the molecule is COC(=O)N(C)c1nc2ccc(-c3ccc4c(c3)CN(C(=O)N3CCC(O)CC3c3ccc(F)cc3)CCO4)cc2[nH]1. The number of aliphatic hydroxyl groups excluding tert-OH is 1. The van der Waals surface area contributed by atoms with Crippen LogP contribution < -0.4 is 9.64 Å². The van der Waals surface area contributed by atoms with Crippen molar-refractivity contribution in [2.45, 2.75) is 31.5 Å². The lowest BCUT2D eigenvalue weighted by molar-refractivity contribution is 0.0456. The first-order valence-corrected chi connectivity index (χ1v) is 13.9. The fourth-order valence-corrected chi connectivity index (χ4v) is 5.65. The first-order valence-electron chi connectivity index (χ1n) is 13.9. The standard InChI is InChI=1S/C31H32FN5O5/c1-35(31(40)41-2)29-33-25-9-5-21(16-26(25)34-29)20-6-10-28-22(15-20)18-36(13-14-42-28)30(39)37-12-11-24(38)17-27(37)19-3-7-23(32)8-4-19/h3-10,15-16,24,27,38H,11-14,17-18H2,1-2H3,(H,33,34). The van der Waals surface area contributed by atoms with E-state index in [-0.39, 0.29) is 17.9 Å². The van der Waals surface area contributed by atoms with E-state index in [1.807, 2.05) is 36.4 Å². The second-order valence-electron chi connectivity index (χ2n) is 10.6. The van der Waals surface area contributed by atoms with E-state index in [1.165, 1.54) is 24.1 Å². The summed E-state index contributed by atoms with van der Waals surface area (Å²) in [6.07, 6.45) is -0.162. The van der Waals surface area contributed by atoms with E-state index in [9.17, 15) is 19.1 Å². The zero-order valence-electron chi connectivity index (χ0n) is 23.4. The van der Waals surface area contributed by atoms with Crippen molar-refractivity contribution in [3.63, 3.8) is 0 Å². The molecule has 2 atom stereocenters. The predicted octanol–water partition coefficient (Wildman–Crippen LogP) is 5.08. The number of piperidine rings is 1. The highest BCUT2D eigenvalue weighted by molar-refractivity contribution is 5.89. The van der Waals surface area contributed by atoms with Crippen molar-refractivity contribution in [2.75, 3.05) is 38.8 Å². The Kier molecular flexibility index (Phi) is 7.42. The van der Waals surface area contributed by atoms with Gasteiger partial charge in [0, 0.05) is 19.2 Å². The number of hydrogen-bond donors (Lipinski definition) is 2. The number of H-pyrrole nitrogens is 1. The quantitative estimate of drug-likeness (QED) is 0.354. The number of aromatic nitrogens is 2. The molecular formula is C31H32FN5O5. The smallest absolute Gasteiger partial charge is 0.416 e. The highest BCUT2D eigenvalue weighted by Crippen LogP contribution is 2.35. The number of hydrogen-bond acceptors (Lipinski definition) is 6. The number of benzene rings is 3. The van der Waals surface area contributed by atoms with E-state index in [4.69, 9.17) is 9.47 Å². The molecule has 1 saturated heterocycles. The highest BCUT2D eigenvalue weighted by Gasteiger charge is 2.35. The Morgan fingerprint density at radius 1 is 1.10 bits per heavy atom. The van der Waals surface area contributed by atoms with E-state index < -0.39 is 12.2 Å².